The summed E-state index contributed by atoms with van der Waals surface area (Å²) in [6.45, 7) is 8.16. The Kier molecular flexibility index (Phi) is 5.40. The third kappa shape index (κ3) is 3.86. The van der Waals surface area contributed by atoms with Gasteiger partial charge in [-0.1, -0.05) is 6.92 Å². The average Bonchev–Trinajstić information content (AvgIpc) is 2.62. The number of sulfone groups is 1. The number of carbonyl (C=O) groups is 2. The summed E-state index contributed by atoms with van der Waals surface area (Å²) in [5, 5.41) is 11.9. The molecule has 1 rings (SSSR count). The third-order valence-electron chi connectivity index (χ3n) is 3.28. The van der Waals surface area contributed by atoms with Crippen molar-refractivity contribution in [2.75, 3.05) is 11.1 Å². The number of hydrogen-bond acceptors (Lipinski definition) is 5. The molecule has 1 heterocycles. The van der Waals surface area contributed by atoms with Crippen LogP contribution in [0, 0.1) is 6.92 Å². The molecular weight excluding hydrogens is 326 g/mol. The quantitative estimate of drug-likeness (QED) is 0.852. The maximum atomic E-state index is 12.0. The van der Waals surface area contributed by atoms with Crippen LogP contribution in [0.15, 0.2) is 0 Å². The van der Waals surface area contributed by atoms with E-state index in [0.717, 1.165) is 16.2 Å². The molecule has 2 N–H and O–H groups in total. The molecule has 1 aromatic heterocycles. The smallest absolute Gasteiger partial charge is 0.339 e. The normalized spacial score (nSPS) is 12.2. The molecule has 0 atom stereocenters. The van der Waals surface area contributed by atoms with Crippen molar-refractivity contribution in [1.29, 1.82) is 0 Å². The van der Waals surface area contributed by atoms with Crippen molar-refractivity contribution >= 4 is 38.1 Å². The Morgan fingerprint density at radius 2 is 1.82 bits per heavy atom. The van der Waals surface area contributed by atoms with Crippen molar-refractivity contribution in [2.24, 2.45) is 0 Å². The van der Waals surface area contributed by atoms with E-state index in [0.29, 0.717) is 12.0 Å². The lowest BCUT2D eigenvalue weighted by Crippen LogP contribution is -2.35. The summed E-state index contributed by atoms with van der Waals surface area (Å²) >= 11 is 1.15. The van der Waals surface area contributed by atoms with E-state index in [-0.39, 0.29) is 10.6 Å². The molecule has 22 heavy (non-hydrogen) atoms. The van der Waals surface area contributed by atoms with Crippen LogP contribution in [-0.2, 0) is 21.1 Å². The standard InChI is InChI=1S/C14H21NO5S2/c1-6-9-8(2)21-12(11(9)13(17)18)15-10(16)7-22(19,20)14(3,4)5/h6-7H2,1-5H3,(H,15,16)(H,17,18). The van der Waals surface area contributed by atoms with Crippen LogP contribution in [0.4, 0.5) is 5.00 Å². The van der Waals surface area contributed by atoms with Crippen LogP contribution in [0.25, 0.3) is 0 Å². The van der Waals surface area contributed by atoms with Gasteiger partial charge in [-0.15, -0.1) is 11.3 Å². The van der Waals surface area contributed by atoms with Gasteiger partial charge in [-0.3, -0.25) is 4.79 Å². The molecule has 0 bridgehead atoms. The minimum atomic E-state index is -3.61. The molecular formula is C14H21NO5S2. The van der Waals surface area contributed by atoms with E-state index in [1.54, 1.807) is 6.92 Å². The van der Waals surface area contributed by atoms with Gasteiger partial charge in [-0.2, -0.15) is 0 Å². The van der Waals surface area contributed by atoms with Gasteiger partial charge in [0.25, 0.3) is 0 Å². The second-order valence-electron chi connectivity index (χ2n) is 5.92. The molecule has 8 heteroatoms. The Morgan fingerprint density at radius 1 is 1.27 bits per heavy atom. The SMILES string of the molecule is CCc1c(C)sc(NC(=O)CS(=O)(=O)C(C)(C)C)c1C(=O)O. The van der Waals surface area contributed by atoms with Gasteiger partial charge >= 0.3 is 5.97 Å². The number of rotatable bonds is 5. The van der Waals surface area contributed by atoms with Crippen LogP contribution in [0.3, 0.4) is 0 Å². The van der Waals surface area contributed by atoms with Gasteiger partial charge in [-0.25, -0.2) is 13.2 Å². The summed E-state index contributed by atoms with van der Waals surface area (Å²) in [4.78, 5) is 24.2. The third-order valence-corrected chi connectivity index (χ3v) is 6.85. The Morgan fingerprint density at radius 3 is 2.23 bits per heavy atom. The molecule has 0 aliphatic carbocycles. The summed E-state index contributed by atoms with van der Waals surface area (Å²) in [6, 6.07) is 0. The summed E-state index contributed by atoms with van der Waals surface area (Å²) in [5.74, 6) is -2.52. The summed E-state index contributed by atoms with van der Waals surface area (Å²) in [7, 11) is -3.61. The lowest BCUT2D eigenvalue weighted by molar-refractivity contribution is -0.113. The number of nitrogens with one attached hydrogen (secondary N) is 1. The van der Waals surface area contributed by atoms with Crippen molar-refractivity contribution in [2.45, 2.75) is 45.8 Å². The number of carboxylic acid groups (broad SMARTS) is 1. The average molecular weight is 347 g/mol. The van der Waals surface area contributed by atoms with Crippen LogP contribution in [0.5, 0.6) is 0 Å². The highest BCUT2D eigenvalue weighted by molar-refractivity contribution is 7.93. The summed E-state index contributed by atoms with van der Waals surface area (Å²) in [5.41, 5.74) is 0.706. The highest BCUT2D eigenvalue weighted by atomic mass is 32.2. The molecule has 0 aliphatic rings. The van der Waals surface area contributed by atoms with Gasteiger partial charge < -0.3 is 10.4 Å². The van der Waals surface area contributed by atoms with E-state index in [4.69, 9.17) is 0 Å². The molecule has 0 unspecified atom stereocenters. The molecule has 6 nitrogen and oxygen atoms in total. The lowest BCUT2D eigenvalue weighted by Gasteiger charge is -2.18. The van der Waals surface area contributed by atoms with Crippen molar-refractivity contribution in [1.82, 2.24) is 0 Å². The molecule has 0 spiro atoms. The Hall–Kier alpha value is -1.41. The van der Waals surface area contributed by atoms with Crippen molar-refractivity contribution in [3.63, 3.8) is 0 Å². The minimum Gasteiger partial charge on any atom is -0.478 e. The van der Waals surface area contributed by atoms with Crippen LogP contribution >= 0.6 is 11.3 Å². The molecule has 1 aromatic rings. The highest BCUT2D eigenvalue weighted by Crippen LogP contribution is 2.33. The van der Waals surface area contributed by atoms with Crippen molar-refractivity contribution in [3.8, 4) is 0 Å². The second kappa shape index (κ2) is 6.37. The van der Waals surface area contributed by atoms with Crippen LogP contribution in [0.1, 0.15) is 48.5 Å². The fourth-order valence-corrected chi connectivity index (χ4v) is 3.87. The molecule has 1 amide bonds. The van der Waals surface area contributed by atoms with Crippen LogP contribution in [0.2, 0.25) is 0 Å². The number of hydrogen-bond donors (Lipinski definition) is 2. The van der Waals surface area contributed by atoms with E-state index < -0.39 is 32.2 Å². The van der Waals surface area contributed by atoms with E-state index in [2.05, 4.69) is 5.32 Å². The minimum absolute atomic E-state index is 0.0477. The first-order valence-corrected chi connectivity index (χ1v) is 9.25. The number of amides is 1. The Bertz CT molecular complexity index is 696. The number of carboxylic acids is 1. The zero-order valence-corrected chi connectivity index (χ0v) is 14.9. The van der Waals surface area contributed by atoms with Crippen molar-refractivity contribution < 1.29 is 23.1 Å². The molecule has 0 aliphatic heterocycles. The molecule has 0 saturated heterocycles. The lowest BCUT2D eigenvalue weighted by atomic mass is 10.1. The molecule has 0 radical (unpaired) electrons. The first-order valence-electron chi connectivity index (χ1n) is 6.78. The summed E-state index contributed by atoms with van der Waals surface area (Å²) < 4.78 is 23.0. The summed E-state index contributed by atoms with van der Waals surface area (Å²) in [6.07, 6.45) is 0.528. The zero-order chi connectivity index (χ0) is 17.3. The predicted molar refractivity (Wildman–Crippen MR) is 87.6 cm³/mol. The number of carbonyl (C=O) groups excluding carboxylic acids is 1. The van der Waals surface area contributed by atoms with Crippen molar-refractivity contribution in [3.05, 3.63) is 16.0 Å². The number of thiophene rings is 1. The van der Waals surface area contributed by atoms with Gasteiger partial charge in [0.1, 0.15) is 10.8 Å². The van der Waals surface area contributed by atoms with Gasteiger partial charge in [0.15, 0.2) is 9.84 Å². The molecule has 0 fully saturated rings. The maximum Gasteiger partial charge on any atom is 0.339 e. The topological polar surface area (TPSA) is 101 Å². The Labute approximate surface area is 134 Å². The first kappa shape index (κ1) is 18.6. The van der Waals surface area contributed by atoms with Gasteiger partial charge in [-0.05, 0) is 39.7 Å². The van der Waals surface area contributed by atoms with E-state index in [1.807, 2.05) is 6.92 Å². The fraction of sp³-hybridized carbons (Fsp3) is 0.571. The van der Waals surface area contributed by atoms with E-state index >= 15 is 0 Å². The Balaban J connectivity index is 3.07. The van der Waals surface area contributed by atoms with E-state index in [9.17, 15) is 23.1 Å². The largest absolute Gasteiger partial charge is 0.478 e. The van der Waals surface area contributed by atoms with Crippen LogP contribution < -0.4 is 5.32 Å². The molecule has 124 valence electrons. The van der Waals surface area contributed by atoms with Gasteiger partial charge in [0.05, 0.1) is 10.3 Å². The number of anilines is 1. The molecule has 0 aromatic carbocycles. The molecule has 0 saturated carbocycles. The van der Waals surface area contributed by atoms with Gasteiger partial charge in [0, 0.05) is 4.88 Å². The number of aryl methyl sites for hydroxylation is 1. The first-order chi connectivity index (χ1) is 9.90. The maximum absolute atomic E-state index is 12.0. The fourth-order valence-electron chi connectivity index (χ4n) is 1.87. The van der Waals surface area contributed by atoms with Gasteiger partial charge in [0.2, 0.25) is 5.91 Å². The van der Waals surface area contributed by atoms with E-state index in [1.165, 1.54) is 20.8 Å². The zero-order valence-electron chi connectivity index (χ0n) is 13.3. The second-order valence-corrected chi connectivity index (χ2v) is 9.89. The monoisotopic (exact) mass is 347 g/mol. The van der Waals surface area contributed by atoms with Crippen LogP contribution in [-0.4, -0.2) is 35.9 Å². The predicted octanol–water partition coefficient (Wildman–Crippen LogP) is 2.47. The number of aromatic carboxylic acids is 1. The highest BCUT2D eigenvalue weighted by Gasteiger charge is 2.32.